The Hall–Kier alpha value is -2.83. The van der Waals surface area contributed by atoms with Gasteiger partial charge in [-0.25, -0.2) is 0 Å². The van der Waals surface area contributed by atoms with Gasteiger partial charge >= 0.3 is 0 Å². The van der Waals surface area contributed by atoms with Crippen LogP contribution in [0.5, 0.6) is 11.5 Å². The van der Waals surface area contributed by atoms with Gasteiger partial charge in [-0.1, -0.05) is 0 Å². The lowest BCUT2D eigenvalue weighted by atomic mass is 10.0. The molecule has 0 fully saturated rings. The molecular formula is C12H6N2O4. The van der Waals surface area contributed by atoms with E-state index in [1.165, 1.54) is 12.1 Å². The summed E-state index contributed by atoms with van der Waals surface area (Å²) in [7, 11) is 0. The molecule has 1 atom stereocenters. The second kappa shape index (κ2) is 3.88. The number of allylic oxidation sites excluding steroid dienone is 1. The summed E-state index contributed by atoms with van der Waals surface area (Å²) in [4.78, 5) is 11.9. The van der Waals surface area contributed by atoms with Gasteiger partial charge in [0.05, 0.1) is 5.57 Å². The third-order valence-corrected chi connectivity index (χ3v) is 2.70. The van der Waals surface area contributed by atoms with Crippen molar-refractivity contribution < 1.29 is 20.1 Å². The molecule has 2 rings (SSSR count). The number of hydrogen-bond donors (Lipinski definition) is 3. The first-order valence-electron chi connectivity index (χ1n) is 4.84. The minimum atomic E-state index is -1.45. The van der Waals surface area contributed by atoms with E-state index >= 15 is 0 Å². The topological polar surface area (TPSA) is 125 Å². The predicted molar refractivity (Wildman–Crippen MR) is 57.3 cm³/mol. The number of nitriles is 2. The highest BCUT2D eigenvalue weighted by Crippen LogP contribution is 2.41. The van der Waals surface area contributed by atoms with E-state index < -0.39 is 29.0 Å². The molecule has 0 aliphatic heterocycles. The van der Waals surface area contributed by atoms with Crippen LogP contribution in [0.15, 0.2) is 23.3 Å². The third kappa shape index (κ3) is 1.41. The van der Waals surface area contributed by atoms with Crippen LogP contribution >= 0.6 is 0 Å². The minimum absolute atomic E-state index is 0.0317. The molecule has 6 heteroatoms. The number of aliphatic hydroxyl groups excluding tert-OH is 1. The van der Waals surface area contributed by atoms with Crippen LogP contribution in [0.4, 0.5) is 0 Å². The molecule has 3 N–H and O–H groups in total. The zero-order valence-corrected chi connectivity index (χ0v) is 8.88. The van der Waals surface area contributed by atoms with Crippen LogP contribution in [0, 0.1) is 22.7 Å². The van der Waals surface area contributed by atoms with Crippen LogP contribution in [-0.2, 0) is 0 Å². The van der Waals surface area contributed by atoms with E-state index in [2.05, 4.69) is 0 Å². The van der Waals surface area contributed by atoms with Gasteiger partial charge < -0.3 is 15.3 Å². The molecule has 1 aromatic carbocycles. The van der Waals surface area contributed by atoms with E-state index in [-0.39, 0.29) is 16.7 Å². The molecular weight excluding hydrogens is 236 g/mol. The number of phenolic OH excluding ortho intramolecular Hbond substituents is 2. The number of nitrogens with zero attached hydrogens (tertiary/aromatic N) is 2. The highest BCUT2D eigenvalue weighted by atomic mass is 16.3. The standard InChI is InChI=1S/C12H6N2O4/c13-3-5(4-14)10-11(17)6-1-8(15)9(16)2-7(6)12(10)18/h1-2,11,15-17H. The summed E-state index contributed by atoms with van der Waals surface area (Å²) in [5.74, 6) is -1.70. The van der Waals surface area contributed by atoms with Gasteiger partial charge in [-0.3, -0.25) is 4.79 Å². The van der Waals surface area contributed by atoms with Crippen LogP contribution in [-0.4, -0.2) is 21.1 Å². The highest BCUT2D eigenvalue weighted by Gasteiger charge is 2.37. The Morgan fingerprint density at radius 3 is 2.28 bits per heavy atom. The largest absolute Gasteiger partial charge is 0.504 e. The van der Waals surface area contributed by atoms with Gasteiger partial charge in [0.15, 0.2) is 17.3 Å². The van der Waals surface area contributed by atoms with Gasteiger partial charge in [0.25, 0.3) is 0 Å². The van der Waals surface area contributed by atoms with Crippen LogP contribution in [0.25, 0.3) is 0 Å². The van der Waals surface area contributed by atoms with Crippen LogP contribution in [0.2, 0.25) is 0 Å². The summed E-state index contributed by atoms with van der Waals surface area (Å²) in [6.07, 6.45) is -1.45. The highest BCUT2D eigenvalue weighted by molar-refractivity contribution is 6.15. The number of carbonyl (C=O) groups excluding carboxylic acids is 1. The summed E-state index contributed by atoms with van der Waals surface area (Å²) in [6.45, 7) is 0. The summed E-state index contributed by atoms with van der Waals surface area (Å²) in [5, 5.41) is 45.9. The average molecular weight is 242 g/mol. The number of hydrogen-bond acceptors (Lipinski definition) is 6. The van der Waals surface area contributed by atoms with Crippen molar-refractivity contribution in [1.82, 2.24) is 0 Å². The van der Waals surface area contributed by atoms with Crippen LogP contribution in [0.3, 0.4) is 0 Å². The van der Waals surface area contributed by atoms with Crippen molar-refractivity contribution in [1.29, 1.82) is 10.5 Å². The maximum Gasteiger partial charge on any atom is 0.194 e. The van der Waals surface area contributed by atoms with Gasteiger partial charge in [0.1, 0.15) is 23.8 Å². The molecule has 0 saturated carbocycles. The molecule has 0 saturated heterocycles. The molecule has 1 unspecified atom stereocenters. The van der Waals surface area contributed by atoms with Gasteiger partial charge in [0, 0.05) is 11.1 Å². The molecule has 6 nitrogen and oxygen atoms in total. The van der Waals surface area contributed by atoms with Gasteiger partial charge in [0.2, 0.25) is 0 Å². The van der Waals surface area contributed by atoms with Crippen molar-refractivity contribution in [3.63, 3.8) is 0 Å². The molecule has 0 radical (unpaired) electrons. The zero-order valence-electron chi connectivity index (χ0n) is 8.88. The van der Waals surface area contributed by atoms with Crippen LogP contribution in [0.1, 0.15) is 22.0 Å². The van der Waals surface area contributed by atoms with Gasteiger partial charge in [-0.05, 0) is 12.1 Å². The first-order chi connectivity index (χ1) is 8.51. The number of aromatic hydroxyl groups is 2. The Balaban J connectivity index is 2.74. The molecule has 1 aliphatic carbocycles. The van der Waals surface area contributed by atoms with E-state index in [0.717, 1.165) is 12.1 Å². The Kier molecular flexibility index (Phi) is 2.51. The Labute approximate surface area is 101 Å². The predicted octanol–water partition coefficient (Wildman–Crippen LogP) is 0.671. The monoisotopic (exact) mass is 242 g/mol. The number of ketones is 1. The first kappa shape index (κ1) is 11.6. The lowest BCUT2D eigenvalue weighted by molar-refractivity contribution is 0.101. The third-order valence-electron chi connectivity index (χ3n) is 2.70. The van der Waals surface area contributed by atoms with E-state index in [4.69, 9.17) is 10.5 Å². The first-order valence-corrected chi connectivity index (χ1v) is 4.84. The lowest BCUT2D eigenvalue weighted by Crippen LogP contribution is -2.02. The maximum atomic E-state index is 11.9. The number of fused-ring (bicyclic) bond motifs is 1. The molecule has 0 bridgehead atoms. The smallest absolute Gasteiger partial charge is 0.194 e. The molecule has 1 aromatic rings. The summed E-state index contributed by atoms with van der Waals surface area (Å²) >= 11 is 0. The minimum Gasteiger partial charge on any atom is -0.504 e. The summed E-state index contributed by atoms with van der Waals surface area (Å²) in [6, 6.07) is 5.09. The number of phenols is 2. The van der Waals surface area contributed by atoms with E-state index in [1.54, 1.807) is 0 Å². The molecule has 18 heavy (non-hydrogen) atoms. The number of aliphatic hydroxyl groups is 1. The normalized spacial score (nSPS) is 16.9. The number of rotatable bonds is 0. The van der Waals surface area contributed by atoms with Gasteiger partial charge in [-0.15, -0.1) is 0 Å². The molecule has 88 valence electrons. The SMILES string of the molecule is N#CC(C#N)=C1C(=O)c2cc(O)c(O)cc2C1O. The van der Waals surface area contributed by atoms with Crippen molar-refractivity contribution in [2.45, 2.75) is 6.10 Å². The van der Waals surface area contributed by atoms with Crippen molar-refractivity contribution >= 4 is 5.78 Å². The number of Topliss-reactive ketones (excluding diaryl/α,β-unsaturated/α-hetero) is 1. The fraction of sp³-hybridized carbons (Fsp3) is 0.0833. The average Bonchev–Trinajstić information content (AvgIpc) is 2.57. The second-order valence-electron chi connectivity index (χ2n) is 3.67. The van der Waals surface area contributed by atoms with Gasteiger partial charge in [-0.2, -0.15) is 10.5 Å². The summed E-state index contributed by atoms with van der Waals surface area (Å²) in [5.41, 5.74) is -0.785. The van der Waals surface area contributed by atoms with E-state index in [9.17, 15) is 20.1 Å². The van der Waals surface area contributed by atoms with Crippen molar-refractivity contribution in [2.75, 3.05) is 0 Å². The molecule has 0 aromatic heterocycles. The number of benzene rings is 1. The van der Waals surface area contributed by atoms with E-state index in [1.807, 2.05) is 0 Å². The Morgan fingerprint density at radius 2 is 1.72 bits per heavy atom. The lowest BCUT2D eigenvalue weighted by Gasteiger charge is -2.05. The van der Waals surface area contributed by atoms with Crippen molar-refractivity contribution in [3.05, 3.63) is 34.4 Å². The molecule has 0 heterocycles. The fourth-order valence-electron chi connectivity index (χ4n) is 1.84. The van der Waals surface area contributed by atoms with Crippen molar-refractivity contribution in [2.24, 2.45) is 0 Å². The van der Waals surface area contributed by atoms with Crippen molar-refractivity contribution in [3.8, 4) is 23.6 Å². The second-order valence-corrected chi connectivity index (χ2v) is 3.67. The maximum absolute atomic E-state index is 11.9. The zero-order chi connectivity index (χ0) is 13.4. The molecule has 1 aliphatic rings. The quantitative estimate of drug-likeness (QED) is 0.349. The molecule has 0 spiro atoms. The number of carbonyl (C=O) groups is 1. The Morgan fingerprint density at radius 1 is 1.17 bits per heavy atom. The van der Waals surface area contributed by atoms with Crippen LogP contribution < -0.4 is 0 Å². The fourth-order valence-corrected chi connectivity index (χ4v) is 1.84. The summed E-state index contributed by atoms with van der Waals surface area (Å²) < 4.78 is 0. The molecule has 0 amide bonds. The Bertz CT molecular complexity index is 661. The van der Waals surface area contributed by atoms with E-state index in [0.29, 0.717) is 0 Å².